The van der Waals surface area contributed by atoms with Crippen LogP contribution in [-0.4, -0.2) is 54.5 Å². The van der Waals surface area contributed by atoms with E-state index in [-0.39, 0.29) is 24.4 Å². The first-order valence-electron chi connectivity index (χ1n) is 9.72. The Morgan fingerprint density at radius 1 is 1.38 bits per heavy atom. The molecule has 5 atom stereocenters. The molecule has 2 saturated heterocycles. The first kappa shape index (κ1) is 22.5. The third-order valence-electron chi connectivity index (χ3n) is 5.40. The number of ether oxygens (including phenoxy) is 1. The molecule has 29 heavy (non-hydrogen) atoms. The maximum absolute atomic E-state index is 14.3. The van der Waals surface area contributed by atoms with Crippen molar-refractivity contribution in [2.75, 3.05) is 13.2 Å². The number of hydrogen-bond acceptors (Lipinski definition) is 3. The first-order chi connectivity index (χ1) is 13.6. The molecular formula is C20H25BrF4N2O2. The molecule has 0 aliphatic carbocycles. The maximum atomic E-state index is 14.3. The highest BCUT2D eigenvalue weighted by Gasteiger charge is 2.50. The van der Waals surface area contributed by atoms with E-state index in [1.54, 1.807) is 6.07 Å². The van der Waals surface area contributed by atoms with Crippen molar-refractivity contribution in [1.82, 2.24) is 10.2 Å². The standard InChI is InChI=1S/C20H25BrF4N2O2/c1-11(2)8-15(19(28)27-10-14(22)17-16(27)6-7-29-17)26-18(20(23,24)25)12-4-3-5-13(21)9-12/h3-5,9,11,14-18,26H,6-8,10H2,1-2H3/t14-,15?,16+,17+,18?/m0/s1. The van der Waals surface area contributed by atoms with Crippen molar-refractivity contribution in [2.24, 2.45) is 5.92 Å². The van der Waals surface area contributed by atoms with Gasteiger partial charge in [0.15, 0.2) is 0 Å². The van der Waals surface area contributed by atoms with Gasteiger partial charge in [0.05, 0.1) is 18.6 Å². The molecule has 0 radical (unpaired) electrons. The van der Waals surface area contributed by atoms with Crippen LogP contribution in [0.1, 0.15) is 38.3 Å². The summed E-state index contributed by atoms with van der Waals surface area (Å²) in [7, 11) is 0. The van der Waals surface area contributed by atoms with Gasteiger partial charge in [-0.05, 0) is 36.5 Å². The molecule has 1 aromatic carbocycles. The third-order valence-corrected chi connectivity index (χ3v) is 5.89. The molecule has 4 nitrogen and oxygen atoms in total. The van der Waals surface area contributed by atoms with E-state index in [4.69, 9.17) is 4.74 Å². The summed E-state index contributed by atoms with van der Waals surface area (Å²) in [6.45, 7) is 3.89. The largest absolute Gasteiger partial charge is 0.407 e. The molecule has 2 unspecified atom stereocenters. The molecule has 3 rings (SSSR count). The van der Waals surface area contributed by atoms with Crippen LogP contribution in [-0.2, 0) is 9.53 Å². The van der Waals surface area contributed by atoms with Crippen molar-refractivity contribution in [3.05, 3.63) is 34.3 Å². The SMILES string of the molecule is CC(C)CC(NC(c1cccc(Br)c1)C(F)(F)F)C(=O)N1C[C@H](F)[C@H]2OCC[C@H]21. The average molecular weight is 481 g/mol. The van der Waals surface area contributed by atoms with E-state index < -0.39 is 42.5 Å². The van der Waals surface area contributed by atoms with Gasteiger partial charge < -0.3 is 9.64 Å². The van der Waals surface area contributed by atoms with Gasteiger partial charge in [0.1, 0.15) is 18.3 Å². The van der Waals surface area contributed by atoms with Gasteiger partial charge in [0, 0.05) is 11.1 Å². The van der Waals surface area contributed by atoms with Gasteiger partial charge in [-0.15, -0.1) is 0 Å². The van der Waals surface area contributed by atoms with E-state index in [1.807, 2.05) is 13.8 Å². The molecule has 0 saturated carbocycles. The van der Waals surface area contributed by atoms with Gasteiger partial charge in [0.2, 0.25) is 5.91 Å². The predicted octanol–water partition coefficient (Wildman–Crippen LogP) is 4.39. The lowest BCUT2D eigenvalue weighted by atomic mass is 9.98. The molecule has 0 aromatic heterocycles. The number of benzene rings is 1. The smallest absolute Gasteiger partial charge is 0.373 e. The summed E-state index contributed by atoms with van der Waals surface area (Å²) in [6, 6.07) is 2.42. The van der Waals surface area contributed by atoms with Crippen molar-refractivity contribution in [1.29, 1.82) is 0 Å². The molecule has 1 N–H and O–H groups in total. The Morgan fingerprint density at radius 3 is 2.72 bits per heavy atom. The Bertz CT molecular complexity index is 731. The number of halogens is 5. The second kappa shape index (κ2) is 8.89. The zero-order valence-corrected chi connectivity index (χ0v) is 17.8. The highest BCUT2D eigenvalue weighted by atomic mass is 79.9. The summed E-state index contributed by atoms with van der Waals surface area (Å²) >= 11 is 3.20. The number of amides is 1. The monoisotopic (exact) mass is 480 g/mol. The molecule has 0 spiro atoms. The fraction of sp³-hybridized carbons (Fsp3) is 0.650. The zero-order chi connectivity index (χ0) is 21.3. The molecule has 2 fully saturated rings. The number of nitrogens with zero attached hydrogens (tertiary/aromatic N) is 1. The summed E-state index contributed by atoms with van der Waals surface area (Å²) in [6.07, 6.45) is -5.87. The second-order valence-electron chi connectivity index (χ2n) is 8.08. The summed E-state index contributed by atoms with van der Waals surface area (Å²) in [5.74, 6) is -0.518. The van der Waals surface area contributed by atoms with Gasteiger partial charge in [0.25, 0.3) is 0 Å². The number of hydrogen-bond donors (Lipinski definition) is 1. The Balaban J connectivity index is 1.86. The highest BCUT2D eigenvalue weighted by Crippen LogP contribution is 2.36. The van der Waals surface area contributed by atoms with Gasteiger partial charge >= 0.3 is 6.18 Å². The minimum atomic E-state index is -4.59. The number of alkyl halides is 4. The molecule has 9 heteroatoms. The van der Waals surface area contributed by atoms with Crippen LogP contribution in [0.3, 0.4) is 0 Å². The van der Waals surface area contributed by atoms with Crippen LogP contribution in [0.2, 0.25) is 0 Å². The van der Waals surface area contributed by atoms with Crippen molar-refractivity contribution >= 4 is 21.8 Å². The summed E-state index contributed by atoms with van der Waals surface area (Å²) in [4.78, 5) is 14.6. The Morgan fingerprint density at radius 2 is 2.10 bits per heavy atom. The quantitative estimate of drug-likeness (QED) is 0.613. The maximum Gasteiger partial charge on any atom is 0.407 e. The van der Waals surface area contributed by atoms with Crippen molar-refractivity contribution in [3.8, 4) is 0 Å². The highest BCUT2D eigenvalue weighted by molar-refractivity contribution is 9.10. The number of carbonyl (C=O) groups is 1. The first-order valence-corrected chi connectivity index (χ1v) is 10.5. The van der Waals surface area contributed by atoms with Gasteiger partial charge in [-0.3, -0.25) is 10.1 Å². The van der Waals surface area contributed by atoms with Crippen molar-refractivity contribution in [2.45, 2.75) is 63.3 Å². The molecule has 1 amide bonds. The predicted molar refractivity (Wildman–Crippen MR) is 104 cm³/mol. The average Bonchev–Trinajstić information content (AvgIpc) is 3.21. The number of likely N-dealkylation sites (tertiary alicyclic amines) is 1. The lowest BCUT2D eigenvalue weighted by Crippen LogP contribution is -2.52. The van der Waals surface area contributed by atoms with E-state index in [0.29, 0.717) is 17.5 Å². The molecule has 2 heterocycles. The lowest BCUT2D eigenvalue weighted by molar-refractivity contribution is -0.162. The molecular weight excluding hydrogens is 456 g/mol. The van der Waals surface area contributed by atoms with Crippen LogP contribution < -0.4 is 5.32 Å². The van der Waals surface area contributed by atoms with Crippen LogP contribution in [0.25, 0.3) is 0 Å². The number of nitrogens with one attached hydrogen (secondary N) is 1. The molecule has 2 aliphatic rings. The topological polar surface area (TPSA) is 41.6 Å². The molecule has 1 aromatic rings. The Hall–Kier alpha value is -1.19. The normalized spacial score (nSPS) is 26.6. The minimum absolute atomic E-state index is 0.0142. The summed E-state index contributed by atoms with van der Waals surface area (Å²) < 4.78 is 61.8. The van der Waals surface area contributed by atoms with Crippen molar-refractivity contribution in [3.63, 3.8) is 0 Å². The van der Waals surface area contributed by atoms with Gasteiger partial charge in [-0.25, -0.2) is 4.39 Å². The fourth-order valence-electron chi connectivity index (χ4n) is 4.14. The summed E-state index contributed by atoms with van der Waals surface area (Å²) in [5, 5.41) is 2.54. The van der Waals surface area contributed by atoms with E-state index in [0.717, 1.165) is 0 Å². The fourth-order valence-corrected chi connectivity index (χ4v) is 4.56. The lowest BCUT2D eigenvalue weighted by Gasteiger charge is -2.32. The van der Waals surface area contributed by atoms with Crippen LogP contribution in [0, 0.1) is 5.92 Å². The number of fused-ring (bicyclic) bond motifs is 1. The van der Waals surface area contributed by atoms with E-state index in [2.05, 4.69) is 21.2 Å². The van der Waals surface area contributed by atoms with Crippen LogP contribution in [0.4, 0.5) is 17.6 Å². The Labute approximate surface area is 176 Å². The number of rotatable bonds is 6. The summed E-state index contributed by atoms with van der Waals surface area (Å²) in [5.41, 5.74) is 0.0142. The van der Waals surface area contributed by atoms with Crippen molar-refractivity contribution < 1.29 is 27.1 Å². The third kappa shape index (κ3) is 5.11. The van der Waals surface area contributed by atoms with Gasteiger partial charge in [-0.1, -0.05) is 41.9 Å². The molecule has 162 valence electrons. The molecule has 0 bridgehead atoms. The number of carbonyl (C=O) groups excluding carboxylic acids is 1. The Kier molecular flexibility index (Phi) is 6.90. The van der Waals surface area contributed by atoms with Crippen LogP contribution >= 0.6 is 15.9 Å². The van der Waals surface area contributed by atoms with E-state index in [9.17, 15) is 22.4 Å². The van der Waals surface area contributed by atoms with E-state index >= 15 is 0 Å². The van der Waals surface area contributed by atoms with E-state index in [1.165, 1.54) is 23.1 Å². The van der Waals surface area contributed by atoms with Crippen LogP contribution in [0.15, 0.2) is 28.7 Å². The second-order valence-corrected chi connectivity index (χ2v) is 8.99. The van der Waals surface area contributed by atoms with Crippen LogP contribution in [0.5, 0.6) is 0 Å². The molecule has 2 aliphatic heterocycles. The zero-order valence-electron chi connectivity index (χ0n) is 16.3. The minimum Gasteiger partial charge on any atom is -0.373 e. The van der Waals surface area contributed by atoms with Gasteiger partial charge in [-0.2, -0.15) is 13.2 Å².